The van der Waals surface area contributed by atoms with Crippen molar-refractivity contribution in [1.29, 1.82) is 0 Å². The van der Waals surface area contributed by atoms with Gasteiger partial charge in [-0.15, -0.1) is 0 Å². The number of nitrogens with one attached hydrogen (secondary N) is 1. The Kier molecular flexibility index (Phi) is 2.46. The second-order valence-electron chi connectivity index (χ2n) is 3.69. The average molecular weight is 224 g/mol. The molecule has 0 amide bonds. The Morgan fingerprint density at radius 1 is 1.29 bits per heavy atom. The minimum Gasteiger partial charge on any atom is -0.487 e. The van der Waals surface area contributed by atoms with Crippen LogP contribution in [-0.4, -0.2) is 15.2 Å². The first-order valence-corrected chi connectivity index (χ1v) is 5.29. The van der Waals surface area contributed by atoms with Gasteiger partial charge in [0.05, 0.1) is 11.7 Å². The predicted molar refractivity (Wildman–Crippen MR) is 63.5 cm³/mol. The van der Waals surface area contributed by atoms with E-state index in [1.807, 2.05) is 30.3 Å². The quantitative estimate of drug-likeness (QED) is 0.742. The third-order valence-corrected chi connectivity index (χ3v) is 2.48. The van der Waals surface area contributed by atoms with Gasteiger partial charge in [0.25, 0.3) is 0 Å². The van der Waals surface area contributed by atoms with E-state index in [-0.39, 0.29) is 0 Å². The molecule has 0 atom stereocenters. The third-order valence-electron chi connectivity index (χ3n) is 2.48. The summed E-state index contributed by atoms with van der Waals surface area (Å²) in [4.78, 5) is 3.99. The maximum atomic E-state index is 5.61. The van der Waals surface area contributed by atoms with Crippen molar-refractivity contribution < 1.29 is 4.74 Å². The lowest BCUT2D eigenvalue weighted by molar-refractivity contribution is 0.305. The van der Waals surface area contributed by atoms with E-state index in [0.29, 0.717) is 6.61 Å². The van der Waals surface area contributed by atoms with Crippen LogP contribution in [0.4, 0.5) is 0 Å². The summed E-state index contributed by atoms with van der Waals surface area (Å²) in [6.45, 7) is 0.515. The zero-order valence-electron chi connectivity index (χ0n) is 9.05. The molecule has 0 spiro atoms. The fourth-order valence-corrected chi connectivity index (χ4v) is 1.62. The number of nitrogens with zero attached hydrogens (tertiary/aromatic N) is 2. The molecule has 0 saturated heterocycles. The molecule has 1 N–H and O–H groups in total. The summed E-state index contributed by atoms with van der Waals surface area (Å²) >= 11 is 0. The summed E-state index contributed by atoms with van der Waals surface area (Å²) < 4.78 is 5.61. The van der Waals surface area contributed by atoms with Crippen LogP contribution >= 0.6 is 0 Å². The van der Waals surface area contributed by atoms with E-state index in [2.05, 4.69) is 21.4 Å². The minimum atomic E-state index is 0.515. The maximum absolute atomic E-state index is 5.61. The molecule has 4 heteroatoms. The van der Waals surface area contributed by atoms with Crippen LogP contribution in [0.1, 0.15) is 5.56 Å². The van der Waals surface area contributed by atoms with Crippen molar-refractivity contribution in [2.24, 2.45) is 0 Å². The van der Waals surface area contributed by atoms with Gasteiger partial charge in [-0.3, -0.25) is 10.1 Å². The molecule has 1 radical (unpaired) electrons. The van der Waals surface area contributed by atoms with Gasteiger partial charge in [0.2, 0.25) is 0 Å². The van der Waals surface area contributed by atoms with E-state index in [1.165, 1.54) is 0 Å². The van der Waals surface area contributed by atoms with Crippen LogP contribution in [0.5, 0.6) is 5.75 Å². The third kappa shape index (κ3) is 2.10. The molecule has 2 aromatic heterocycles. The second-order valence-corrected chi connectivity index (χ2v) is 3.69. The van der Waals surface area contributed by atoms with Crippen LogP contribution in [-0.2, 0) is 6.61 Å². The fraction of sp³-hybridized carbons (Fsp3) is 0.0769. The van der Waals surface area contributed by atoms with Crippen LogP contribution in [0.15, 0.2) is 42.7 Å². The summed E-state index contributed by atoms with van der Waals surface area (Å²) in [7, 11) is 0. The Bertz CT molecular complexity index is 619. The standard InChI is InChI=1S/C13H10N3O/c1-2-12(8-14-5-1)17-9-10-3-4-11-7-15-16-13(11)6-10/h1-6,8H,9H2,(H,15,16). The fourth-order valence-electron chi connectivity index (χ4n) is 1.62. The van der Waals surface area contributed by atoms with Gasteiger partial charge in [-0.05, 0) is 23.8 Å². The molecule has 4 nitrogen and oxygen atoms in total. The largest absolute Gasteiger partial charge is 0.487 e. The van der Waals surface area contributed by atoms with Crippen molar-refractivity contribution in [2.75, 3.05) is 0 Å². The van der Waals surface area contributed by atoms with Crippen molar-refractivity contribution in [3.05, 3.63) is 54.5 Å². The molecule has 3 rings (SSSR count). The first kappa shape index (κ1) is 9.84. The Labute approximate surface area is 98.3 Å². The van der Waals surface area contributed by atoms with Crippen LogP contribution in [0.3, 0.4) is 0 Å². The van der Waals surface area contributed by atoms with Gasteiger partial charge in [0.15, 0.2) is 0 Å². The lowest BCUT2D eigenvalue weighted by Gasteiger charge is -2.05. The average Bonchev–Trinajstić information content (AvgIpc) is 2.85. The molecule has 0 unspecified atom stereocenters. The van der Waals surface area contributed by atoms with E-state index in [9.17, 15) is 0 Å². The second kappa shape index (κ2) is 4.25. The van der Waals surface area contributed by atoms with Crippen LogP contribution in [0.25, 0.3) is 10.9 Å². The lowest BCUT2D eigenvalue weighted by atomic mass is 10.2. The molecule has 0 aliphatic heterocycles. The monoisotopic (exact) mass is 224 g/mol. The minimum absolute atomic E-state index is 0.515. The normalized spacial score (nSPS) is 10.6. The van der Waals surface area contributed by atoms with Crippen molar-refractivity contribution in [3.8, 4) is 5.75 Å². The molecule has 17 heavy (non-hydrogen) atoms. The highest BCUT2D eigenvalue weighted by Crippen LogP contribution is 2.14. The molecule has 0 saturated carbocycles. The van der Waals surface area contributed by atoms with E-state index < -0.39 is 0 Å². The van der Waals surface area contributed by atoms with Gasteiger partial charge in [-0.2, -0.15) is 5.10 Å². The Morgan fingerprint density at radius 3 is 3.18 bits per heavy atom. The summed E-state index contributed by atoms with van der Waals surface area (Å²) in [6.07, 6.45) is 6.28. The van der Waals surface area contributed by atoms with Gasteiger partial charge >= 0.3 is 0 Å². The molecule has 0 bridgehead atoms. The van der Waals surface area contributed by atoms with Crippen LogP contribution in [0, 0.1) is 6.20 Å². The number of benzene rings is 1. The first-order chi connectivity index (χ1) is 8.42. The number of ether oxygens (including phenoxy) is 1. The zero-order chi connectivity index (χ0) is 11.5. The number of H-pyrrole nitrogens is 1. The summed E-state index contributed by atoms with van der Waals surface area (Å²) in [5, 5.41) is 7.73. The summed E-state index contributed by atoms with van der Waals surface area (Å²) in [5.74, 6) is 0.767. The number of hydrogen-bond donors (Lipinski definition) is 1. The van der Waals surface area contributed by atoms with Crippen molar-refractivity contribution >= 4 is 10.9 Å². The molecule has 0 aliphatic rings. The number of hydrogen-bond acceptors (Lipinski definition) is 3. The van der Waals surface area contributed by atoms with E-state index >= 15 is 0 Å². The van der Waals surface area contributed by atoms with Crippen molar-refractivity contribution in [1.82, 2.24) is 15.2 Å². The smallest absolute Gasteiger partial charge is 0.138 e. The topological polar surface area (TPSA) is 50.8 Å². The van der Waals surface area contributed by atoms with Gasteiger partial charge in [0, 0.05) is 11.6 Å². The number of pyridine rings is 1. The van der Waals surface area contributed by atoms with Gasteiger partial charge in [0.1, 0.15) is 18.6 Å². The summed E-state index contributed by atoms with van der Waals surface area (Å²) in [6, 6.07) is 9.72. The molecule has 1 aromatic carbocycles. The zero-order valence-corrected chi connectivity index (χ0v) is 9.05. The molecule has 0 fully saturated rings. The molecule has 3 aromatic rings. The van der Waals surface area contributed by atoms with E-state index in [0.717, 1.165) is 22.2 Å². The highest BCUT2D eigenvalue weighted by atomic mass is 16.5. The molecular weight excluding hydrogens is 214 g/mol. The van der Waals surface area contributed by atoms with Crippen molar-refractivity contribution in [3.63, 3.8) is 0 Å². The SMILES string of the molecule is [c]1n[nH]c2cc(COc3cccnc3)ccc12. The Balaban J connectivity index is 1.76. The number of rotatable bonds is 3. The summed E-state index contributed by atoms with van der Waals surface area (Å²) in [5.41, 5.74) is 2.05. The van der Waals surface area contributed by atoms with E-state index in [1.54, 1.807) is 12.4 Å². The molecule has 0 aliphatic carbocycles. The number of fused-ring (bicyclic) bond motifs is 1. The number of aromatic amines is 1. The molecule has 83 valence electrons. The van der Waals surface area contributed by atoms with Gasteiger partial charge in [-0.1, -0.05) is 12.1 Å². The molecule has 2 heterocycles. The van der Waals surface area contributed by atoms with Crippen molar-refractivity contribution in [2.45, 2.75) is 6.61 Å². The highest BCUT2D eigenvalue weighted by molar-refractivity contribution is 5.77. The molecular formula is C13H10N3O. The first-order valence-electron chi connectivity index (χ1n) is 5.29. The van der Waals surface area contributed by atoms with Gasteiger partial charge < -0.3 is 4.74 Å². The van der Waals surface area contributed by atoms with E-state index in [4.69, 9.17) is 4.74 Å². The Hall–Kier alpha value is -2.36. The highest BCUT2D eigenvalue weighted by Gasteiger charge is 1.99. The van der Waals surface area contributed by atoms with Crippen LogP contribution in [0.2, 0.25) is 0 Å². The lowest BCUT2D eigenvalue weighted by Crippen LogP contribution is -1.95. The number of aromatic nitrogens is 3. The predicted octanol–water partition coefficient (Wildman–Crippen LogP) is 2.34. The Morgan fingerprint density at radius 2 is 2.29 bits per heavy atom. The van der Waals surface area contributed by atoms with Crippen LogP contribution < -0.4 is 4.74 Å². The van der Waals surface area contributed by atoms with Gasteiger partial charge in [-0.25, -0.2) is 0 Å². The maximum Gasteiger partial charge on any atom is 0.138 e.